The summed E-state index contributed by atoms with van der Waals surface area (Å²) in [5, 5.41) is 9.80. The van der Waals surface area contributed by atoms with Crippen LogP contribution in [0.15, 0.2) is 66.7 Å². The Labute approximate surface area is 241 Å². The van der Waals surface area contributed by atoms with E-state index in [1.54, 1.807) is 11.9 Å². The lowest BCUT2D eigenvalue weighted by Crippen LogP contribution is -2.47. The lowest BCUT2D eigenvalue weighted by molar-refractivity contribution is -0.119. The van der Waals surface area contributed by atoms with E-state index in [4.69, 9.17) is 9.47 Å². The first-order valence-electron chi connectivity index (χ1n) is 14.1. The monoisotopic (exact) mass is 555 g/mol. The van der Waals surface area contributed by atoms with Gasteiger partial charge in [-0.3, -0.25) is 14.5 Å². The van der Waals surface area contributed by atoms with Crippen LogP contribution in [0.2, 0.25) is 0 Å². The number of piperazine rings is 1. The molecule has 214 valence electrons. The van der Waals surface area contributed by atoms with Crippen LogP contribution in [0.1, 0.15) is 25.0 Å². The third kappa shape index (κ3) is 6.37. The van der Waals surface area contributed by atoms with Crippen LogP contribution in [0.3, 0.4) is 0 Å². The van der Waals surface area contributed by atoms with Crippen molar-refractivity contribution in [2.75, 3.05) is 68.5 Å². The molecule has 2 amide bonds. The topological polar surface area (TPSA) is 95.2 Å². The summed E-state index contributed by atoms with van der Waals surface area (Å²) >= 11 is 0. The van der Waals surface area contributed by atoms with Crippen LogP contribution in [-0.2, 0) is 9.59 Å². The van der Waals surface area contributed by atoms with Gasteiger partial charge in [-0.1, -0.05) is 30.3 Å². The van der Waals surface area contributed by atoms with E-state index >= 15 is 0 Å². The van der Waals surface area contributed by atoms with Gasteiger partial charge in [0.2, 0.25) is 5.91 Å². The van der Waals surface area contributed by atoms with Crippen LogP contribution >= 0.6 is 0 Å². The van der Waals surface area contributed by atoms with Crippen molar-refractivity contribution in [1.29, 1.82) is 0 Å². The maximum absolute atomic E-state index is 13.4. The minimum absolute atomic E-state index is 0.0514. The number of hydrogen-bond donors (Lipinski definition) is 3. The molecule has 9 nitrogen and oxygen atoms in total. The zero-order chi connectivity index (χ0) is 28.8. The van der Waals surface area contributed by atoms with Crippen LogP contribution in [0.25, 0.3) is 11.3 Å². The first kappa shape index (κ1) is 28.2. The third-order valence-corrected chi connectivity index (χ3v) is 7.21. The summed E-state index contributed by atoms with van der Waals surface area (Å²) in [6.07, 6.45) is 0. The van der Waals surface area contributed by atoms with Crippen molar-refractivity contribution in [2.24, 2.45) is 0 Å². The predicted molar refractivity (Wildman–Crippen MR) is 163 cm³/mol. The Morgan fingerprint density at radius 2 is 1.61 bits per heavy atom. The minimum Gasteiger partial charge on any atom is -0.490 e. The maximum Gasteiger partial charge on any atom is 0.258 e. The number of benzene rings is 3. The first-order valence-corrected chi connectivity index (χ1v) is 14.1. The van der Waals surface area contributed by atoms with Gasteiger partial charge in [0.25, 0.3) is 5.91 Å². The number of nitrogens with one attached hydrogen (secondary N) is 3. The highest BCUT2D eigenvalue weighted by atomic mass is 16.5. The highest BCUT2D eigenvalue weighted by Gasteiger charge is 2.30. The smallest absolute Gasteiger partial charge is 0.258 e. The summed E-state index contributed by atoms with van der Waals surface area (Å²) in [4.78, 5) is 30.2. The van der Waals surface area contributed by atoms with E-state index in [0.29, 0.717) is 48.2 Å². The van der Waals surface area contributed by atoms with E-state index in [-0.39, 0.29) is 11.8 Å². The summed E-state index contributed by atoms with van der Waals surface area (Å²) in [6, 6.07) is 21.1. The average molecular weight is 556 g/mol. The van der Waals surface area contributed by atoms with Crippen LogP contribution in [0, 0.1) is 0 Å². The van der Waals surface area contributed by atoms with Gasteiger partial charge in [-0.05, 0) is 49.7 Å². The van der Waals surface area contributed by atoms with E-state index in [0.717, 1.165) is 48.7 Å². The standard InChI is InChI=1S/C32H37N5O4/c1-4-40-27-19-25-26(20-28(27)41-5-2)35-32(39)30(25)31(22-9-7-6-8-10-22)34-23-11-13-24(14-12-23)36(3)29(38)21-37-17-15-33-16-18-37/h6-14,19-20,33-34H,4-5,15-18,21H2,1-3H3,(H,35,39). The number of fused-ring (bicyclic) bond motifs is 1. The van der Waals surface area contributed by atoms with Crippen molar-refractivity contribution < 1.29 is 19.1 Å². The van der Waals surface area contributed by atoms with Crippen LogP contribution in [-0.4, -0.2) is 69.7 Å². The van der Waals surface area contributed by atoms with Crippen LogP contribution in [0.5, 0.6) is 11.5 Å². The number of amides is 2. The Morgan fingerprint density at radius 1 is 0.951 bits per heavy atom. The SMILES string of the molecule is CCOc1cc2c(cc1OCC)C(=C(Nc1ccc(N(C)C(=O)CN3CCNCC3)cc1)c1ccccc1)C(=O)N2. The lowest BCUT2D eigenvalue weighted by Gasteiger charge is -2.28. The quantitative estimate of drug-likeness (QED) is 0.322. The fraction of sp³-hybridized carbons (Fsp3) is 0.312. The molecule has 2 heterocycles. The van der Waals surface area contributed by atoms with Crippen molar-refractivity contribution >= 4 is 40.1 Å². The highest BCUT2D eigenvalue weighted by molar-refractivity contribution is 6.37. The van der Waals surface area contributed by atoms with Gasteiger partial charge in [0, 0.05) is 56.2 Å². The van der Waals surface area contributed by atoms with Crippen LogP contribution in [0.4, 0.5) is 17.1 Å². The third-order valence-electron chi connectivity index (χ3n) is 7.21. The molecule has 0 atom stereocenters. The number of anilines is 3. The van der Waals surface area contributed by atoms with Gasteiger partial charge >= 0.3 is 0 Å². The van der Waals surface area contributed by atoms with E-state index in [2.05, 4.69) is 20.9 Å². The molecule has 1 fully saturated rings. The molecule has 1 saturated heterocycles. The summed E-state index contributed by atoms with van der Waals surface area (Å²) < 4.78 is 11.6. The van der Waals surface area contributed by atoms with Gasteiger partial charge in [0.15, 0.2) is 11.5 Å². The van der Waals surface area contributed by atoms with Gasteiger partial charge in [-0.25, -0.2) is 0 Å². The van der Waals surface area contributed by atoms with Crippen molar-refractivity contribution in [3.8, 4) is 11.5 Å². The second kappa shape index (κ2) is 12.9. The Bertz CT molecular complexity index is 1420. The molecule has 0 bridgehead atoms. The van der Waals surface area contributed by atoms with E-state index < -0.39 is 0 Å². The van der Waals surface area contributed by atoms with Gasteiger partial charge in [0.05, 0.1) is 36.7 Å². The summed E-state index contributed by atoms with van der Waals surface area (Å²) in [5.74, 6) is 1.02. The van der Waals surface area contributed by atoms with Crippen molar-refractivity contribution in [3.05, 3.63) is 77.9 Å². The molecular formula is C32H37N5O4. The molecule has 3 aromatic rings. The van der Waals surface area contributed by atoms with E-state index in [9.17, 15) is 9.59 Å². The van der Waals surface area contributed by atoms with Crippen molar-refractivity contribution in [3.63, 3.8) is 0 Å². The number of carbonyl (C=O) groups excluding carboxylic acids is 2. The Balaban J connectivity index is 1.45. The molecule has 0 unspecified atom stereocenters. The van der Waals surface area contributed by atoms with Gasteiger partial charge < -0.3 is 30.3 Å². The normalized spacial score (nSPS) is 16.0. The van der Waals surface area contributed by atoms with Crippen molar-refractivity contribution in [1.82, 2.24) is 10.2 Å². The predicted octanol–water partition coefficient (Wildman–Crippen LogP) is 4.28. The molecule has 5 rings (SSSR count). The Hall–Kier alpha value is -4.34. The van der Waals surface area contributed by atoms with Gasteiger partial charge in [-0.2, -0.15) is 0 Å². The number of nitrogens with zero attached hydrogens (tertiary/aromatic N) is 2. The zero-order valence-electron chi connectivity index (χ0n) is 23.8. The molecule has 0 aliphatic carbocycles. The molecule has 0 saturated carbocycles. The highest BCUT2D eigenvalue weighted by Crippen LogP contribution is 2.43. The molecule has 3 aromatic carbocycles. The average Bonchev–Trinajstić information content (AvgIpc) is 3.31. The van der Waals surface area contributed by atoms with Gasteiger partial charge in [0.1, 0.15) is 0 Å². The van der Waals surface area contributed by atoms with E-state index in [1.807, 2.05) is 80.6 Å². The second-order valence-corrected chi connectivity index (χ2v) is 9.93. The second-order valence-electron chi connectivity index (χ2n) is 9.93. The molecular weight excluding hydrogens is 518 g/mol. The summed E-state index contributed by atoms with van der Waals surface area (Å²) in [6.45, 7) is 8.73. The molecule has 41 heavy (non-hydrogen) atoms. The maximum atomic E-state index is 13.4. The summed E-state index contributed by atoms with van der Waals surface area (Å²) in [5.41, 5.74) is 5.06. The van der Waals surface area contributed by atoms with Crippen molar-refractivity contribution in [2.45, 2.75) is 13.8 Å². The Morgan fingerprint density at radius 3 is 2.27 bits per heavy atom. The fourth-order valence-electron chi connectivity index (χ4n) is 5.07. The molecule has 0 aromatic heterocycles. The number of rotatable bonds is 10. The molecule has 0 radical (unpaired) electrons. The largest absolute Gasteiger partial charge is 0.490 e. The van der Waals surface area contributed by atoms with Gasteiger partial charge in [-0.15, -0.1) is 0 Å². The molecule has 3 N–H and O–H groups in total. The zero-order valence-corrected chi connectivity index (χ0v) is 23.8. The number of ether oxygens (including phenoxy) is 2. The number of carbonyl (C=O) groups is 2. The molecule has 2 aliphatic heterocycles. The molecule has 9 heteroatoms. The minimum atomic E-state index is -0.211. The number of hydrogen-bond acceptors (Lipinski definition) is 7. The Kier molecular flexibility index (Phi) is 8.86. The first-order chi connectivity index (χ1) is 20.0. The molecule has 2 aliphatic rings. The fourth-order valence-corrected chi connectivity index (χ4v) is 5.07. The van der Waals surface area contributed by atoms with E-state index in [1.165, 1.54) is 0 Å². The number of likely N-dealkylation sites (N-methyl/N-ethyl adjacent to an activating group) is 1. The molecule has 0 spiro atoms. The van der Waals surface area contributed by atoms with Crippen LogP contribution < -0.4 is 30.3 Å². The lowest BCUT2D eigenvalue weighted by atomic mass is 9.99. The summed E-state index contributed by atoms with van der Waals surface area (Å²) in [7, 11) is 1.80.